The monoisotopic (exact) mass is 412 g/mol. The summed E-state index contributed by atoms with van der Waals surface area (Å²) in [6.45, 7) is 3.90. The topological polar surface area (TPSA) is 119 Å². The Balaban J connectivity index is 1.85. The van der Waals surface area contributed by atoms with E-state index in [2.05, 4.69) is 15.3 Å². The Morgan fingerprint density at radius 1 is 1.23 bits per heavy atom. The summed E-state index contributed by atoms with van der Waals surface area (Å²) in [6, 6.07) is 9.56. The molecule has 1 fully saturated rings. The highest BCUT2D eigenvalue weighted by Crippen LogP contribution is 2.38. The van der Waals surface area contributed by atoms with E-state index in [0.29, 0.717) is 29.9 Å². The van der Waals surface area contributed by atoms with Crippen LogP contribution in [-0.4, -0.2) is 55.8 Å². The molecule has 1 aliphatic rings. The zero-order valence-corrected chi connectivity index (χ0v) is 16.7. The molecule has 0 bridgehead atoms. The number of carbonyl (C=O) groups excluding carboxylic acids is 1. The number of nitrogens with zero attached hydrogens (tertiary/aromatic N) is 3. The van der Waals surface area contributed by atoms with Crippen molar-refractivity contribution in [2.45, 2.75) is 44.8 Å². The fraction of sp³-hybridized carbons (Fsp3) is 0.381. The lowest BCUT2D eigenvalue weighted by Gasteiger charge is -2.17. The lowest BCUT2D eigenvalue weighted by Crippen LogP contribution is -2.30. The number of fused-ring (bicyclic) bond motifs is 1. The molecule has 4 rings (SSSR count). The van der Waals surface area contributed by atoms with Crippen molar-refractivity contribution >= 4 is 22.9 Å². The SMILES string of the molecule is CCCOC(=O)Nc1ncnc2c1c(-c1ccccc1)cn2[C@@H]1O[C@H](C)[C@@H](O)[C@H]1O. The minimum atomic E-state index is -1.12. The Kier molecular flexibility index (Phi) is 5.67. The number of rotatable bonds is 5. The molecule has 1 aliphatic heterocycles. The van der Waals surface area contributed by atoms with Crippen LogP contribution < -0.4 is 5.32 Å². The molecule has 0 aliphatic carbocycles. The van der Waals surface area contributed by atoms with Gasteiger partial charge in [0.25, 0.3) is 0 Å². The Morgan fingerprint density at radius 3 is 2.67 bits per heavy atom. The van der Waals surface area contributed by atoms with E-state index >= 15 is 0 Å². The summed E-state index contributed by atoms with van der Waals surface area (Å²) in [5.41, 5.74) is 2.09. The Labute approximate surface area is 173 Å². The van der Waals surface area contributed by atoms with E-state index < -0.39 is 30.6 Å². The zero-order valence-electron chi connectivity index (χ0n) is 16.7. The van der Waals surface area contributed by atoms with Gasteiger partial charge in [0.15, 0.2) is 6.23 Å². The molecule has 1 aromatic carbocycles. The molecule has 30 heavy (non-hydrogen) atoms. The molecule has 3 aromatic rings. The summed E-state index contributed by atoms with van der Waals surface area (Å²) in [4.78, 5) is 20.8. The molecule has 0 saturated carbocycles. The van der Waals surface area contributed by atoms with Crippen LogP contribution in [0.2, 0.25) is 0 Å². The summed E-state index contributed by atoms with van der Waals surface area (Å²) in [5.74, 6) is 0.291. The van der Waals surface area contributed by atoms with E-state index in [9.17, 15) is 15.0 Å². The average Bonchev–Trinajstić information content (AvgIpc) is 3.26. The van der Waals surface area contributed by atoms with Crippen molar-refractivity contribution in [2.24, 2.45) is 0 Å². The number of hydrogen-bond donors (Lipinski definition) is 3. The van der Waals surface area contributed by atoms with Crippen LogP contribution in [0, 0.1) is 0 Å². The van der Waals surface area contributed by atoms with E-state index in [1.807, 2.05) is 37.3 Å². The third kappa shape index (κ3) is 3.62. The first-order valence-electron chi connectivity index (χ1n) is 9.87. The van der Waals surface area contributed by atoms with Crippen LogP contribution >= 0.6 is 0 Å². The van der Waals surface area contributed by atoms with Crippen LogP contribution in [0.4, 0.5) is 10.6 Å². The van der Waals surface area contributed by atoms with Crippen LogP contribution in [0.25, 0.3) is 22.2 Å². The molecule has 0 radical (unpaired) electrons. The number of hydrogen-bond acceptors (Lipinski definition) is 7. The Hall–Kier alpha value is -3.01. The molecule has 1 saturated heterocycles. The first-order chi connectivity index (χ1) is 14.5. The predicted octanol–water partition coefficient (Wildman–Crippen LogP) is 2.70. The molecule has 3 N–H and O–H groups in total. The maximum atomic E-state index is 12.2. The molecule has 1 amide bonds. The third-order valence-corrected chi connectivity index (χ3v) is 5.10. The number of nitrogens with one attached hydrogen (secondary N) is 1. The van der Waals surface area contributed by atoms with Crippen molar-refractivity contribution in [1.29, 1.82) is 0 Å². The smallest absolute Gasteiger partial charge is 0.412 e. The van der Waals surface area contributed by atoms with Gasteiger partial charge in [-0.1, -0.05) is 37.3 Å². The number of ether oxygens (including phenoxy) is 2. The maximum Gasteiger partial charge on any atom is 0.412 e. The average molecular weight is 412 g/mol. The Morgan fingerprint density at radius 2 is 2.00 bits per heavy atom. The number of aliphatic hydroxyl groups excluding tert-OH is 2. The Bertz CT molecular complexity index is 1040. The van der Waals surface area contributed by atoms with Crippen molar-refractivity contribution in [3.8, 4) is 11.1 Å². The van der Waals surface area contributed by atoms with Gasteiger partial charge in [0, 0.05) is 11.8 Å². The van der Waals surface area contributed by atoms with Gasteiger partial charge in [-0.05, 0) is 18.9 Å². The summed E-state index contributed by atoms with van der Waals surface area (Å²) in [5, 5.41) is 23.9. The molecule has 4 atom stereocenters. The lowest BCUT2D eigenvalue weighted by molar-refractivity contribution is -0.0295. The van der Waals surface area contributed by atoms with Gasteiger partial charge in [-0.25, -0.2) is 14.8 Å². The van der Waals surface area contributed by atoms with Gasteiger partial charge < -0.3 is 24.3 Å². The van der Waals surface area contributed by atoms with Crippen LogP contribution in [0.1, 0.15) is 26.5 Å². The number of amides is 1. The minimum Gasteiger partial charge on any atom is -0.449 e. The largest absolute Gasteiger partial charge is 0.449 e. The second kappa shape index (κ2) is 8.39. The minimum absolute atomic E-state index is 0.291. The number of aliphatic hydroxyl groups is 2. The molecule has 2 aromatic heterocycles. The summed E-state index contributed by atoms with van der Waals surface area (Å²) >= 11 is 0. The summed E-state index contributed by atoms with van der Waals surface area (Å²) in [7, 11) is 0. The summed E-state index contributed by atoms with van der Waals surface area (Å²) in [6.07, 6.45) is -0.299. The molecule has 9 nitrogen and oxygen atoms in total. The quantitative estimate of drug-likeness (QED) is 0.589. The van der Waals surface area contributed by atoms with Gasteiger partial charge >= 0.3 is 6.09 Å². The van der Waals surface area contributed by atoms with Gasteiger partial charge in [0.05, 0.1) is 18.1 Å². The van der Waals surface area contributed by atoms with Crippen molar-refractivity contribution < 1.29 is 24.5 Å². The van der Waals surface area contributed by atoms with Crippen LogP contribution in [0.3, 0.4) is 0 Å². The van der Waals surface area contributed by atoms with Crippen molar-refractivity contribution in [3.63, 3.8) is 0 Å². The fourth-order valence-electron chi connectivity index (χ4n) is 3.60. The van der Waals surface area contributed by atoms with Crippen LogP contribution in [0.15, 0.2) is 42.9 Å². The van der Waals surface area contributed by atoms with E-state index in [0.717, 1.165) is 11.1 Å². The van der Waals surface area contributed by atoms with Gasteiger partial charge in [-0.3, -0.25) is 5.32 Å². The zero-order chi connectivity index (χ0) is 21.3. The van der Waals surface area contributed by atoms with Gasteiger partial charge in [0.1, 0.15) is 30.0 Å². The van der Waals surface area contributed by atoms with E-state index in [4.69, 9.17) is 9.47 Å². The molecule has 3 heterocycles. The number of carbonyl (C=O) groups is 1. The number of benzene rings is 1. The first kappa shape index (κ1) is 20.3. The van der Waals surface area contributed by atoms with E-state index in [-0.39, 0.29) is 0 Å². The molecule has 0 spiro atoms. The number of aromatic nitrogens is 3. The molecule has 9 heteroatoms. The van der Waals surface area contributed by atoms with E-state index in [1.165, 1.54) is 6.33 Å². The van der Waals surface area contributed by atoms with Crippen LogP contribution in [-0.2, 0) is 9.47 Å². The van der Waals surface area contributed by atoms with Gasteiger partial charge in [-0.15, -0.1) is 0 Å². The third-order valence-electron chi connectivity index (χ3n) is 5.10. The standard InChI is InChI=1S/C21H24N4O5/c1-3-9-29-21(28)24-18-15-14(13-7-5-4-6-8-13)10-25(19(15)23-11-22-18)20-17(27)16(26)12(2)30-20/h4-8,10-12,16-17,20,26-27H,3,9H2,1-2H3,(H,22,23,24,28)/t12-,16-,17-,20-/m1/s1. The second-order valence-electron chi connectivity index (χ2n) is 7.21. The normalized spacial score (nSPS) is 23.6. The highest BCUT2D eigenvalue weighted by molar-refractivity contribution is 6.04. The lowest BCUT2D eigenvalue weighted by atomic mass is 10.1. The van der Waals surface area contributed by atoms with Crippen LogP contribution in [0.5, 0.6) is 0 Å². The highest BCUT2D eigenvalue weighted by atomic mass is 16.6. The van der Waals surface area contributed by atoms with Gasteiger partial charge in [0.2, 0.25) is 0 Å². The second-order valence-corrected chi connectivity index (χ2v) is 7.21. The predicted molar refractivity (Wildman–Crippen MR) is 110 cm³/mol. The first-order valence-corrected chi connectivity index (χ1v) is 9.87. The maximum absolute atomic E-state index is 12.2. The van der Waals surface area contributed by atoms with Gasteiger partial charge in [-0.2, -0.15) is 0 Å². The highest BCUT2D eigenvalue weighted by Gasteiger charge is 2.42. The number of anilines is 1. The summed E-state index contributed by atoms with van der Waals surface area (Å²) < 4.78 is 12.6. The molecule has 158 valence electrons. The van der Waals surface area contributed by atoms with Crippen molar-refractivity contribution in [1.82, 2.24) is 14.5 Å². The fourth-order valence-corrected chi connectivity index (χ4v) is 3.60. The van der Waals surface area contributed by atoms with Crippen molar-refractivity contribution in [2.75, 3.05) is 11.9 Å². The molecular weight excluding hydrogens is 388 g/mol. The molecular formula is C21H24N4O5. The van der Waals surface area contributed by atoms with Crippen molar-refractivity contribution in [3.05, 3.63) is 42.9 Å². The van der Waals surface area contributed by atoms with E-state index in [1.54, 1.807) is 17.7 Å². The molecule has 0 unspecified atom stereocenters.